The van der Waals surface area contributed by atoms with Crippen LogP contribution in [0.1, 0.15) is 22.8 Å². The summed E-state index contributed by atoms with van der Waals surface area (Å²) < 4.78 is 24.9. The quantitative estimate of drug-likeness (QED) is 0.882. The maximum atomic E-state index is 11.8. The topological polar surface area (TPSA) is 74.7 Å². The molecular weight excluding hydrogens is 314 g/mol. The molecule has 0 saturated heterocycles. The molecule has 5 nitrogen and oxygen atoms in total. The van der Waals surface area contributed by atoms with E-state index in [-0.39, 0.29) is 17.9 Å². The number of sulfonamides is 1. The summed E-state index contributed by atoms with van der Waals surface area (Å²) in [6.07, 6.45) is 0. The Kier molecular flexibility index (Phi) is 5.18. The van der Waals surface area contributed by atoms with Crippen molar-refractivity contribution >= 4 is 16.0 Å². The largest absolute Gasteiger partial charge is 0.478 e. The van der Waals surface area contributed by atoms with Gasteiger partial charge in [0.2, 0.25) is 10.0 Å². The molecule has 0 spiro atoms. The summed E-state index contributed by atoms with van der Waals surface area (Å²) in [7, 11) is -1.67. The minimum atomic E-state index is -3.22. The number of hydrogen-bond donors (Lipinski definition) is 1. The van der Waals surface area contributed by atoms with Crippen LogP contribution in [0.3, 0.4) is 0 Å². The zero-order valence-corrected chi connectivity index (χ0v) is 13.9. The molecule has 0 aromatic heterocycles. The molecule has 1 N–H and O–H groups in total. The average Bonchev–Trinajstić information content (AvgIpc) is 2.55. The van der Waals surface area contributed by atoms with E-state index in [4.69, 9.17) is 0 Å². The van der Waals surface area contributed by atoms with Crippen LogP contribution in [0.4, 0.5) is 0 Å². The molecule has 0 heterocycles. The monoisotopic (exact) mass is 333 g/mol. The molecule has 0 aliphatic rings. The summed E-state index contributed by atoms with van der Waals surface area (Å²) in [5.41, 5.74) is 2.51. The second-order valence-corrected chi connectivity index (χ2v) is 7.57. The Labute approximate surface area is 136 Å². The van der Waals surface area contributed by atoms with Gasteiger partial charge in [0.05, 0.1) is 11.3 Å². The Bertz CT molecular complexity index is 798. The number of rotatable bonds is 6. The van der Waals surface area contributed by atoms with Gasteiger partial charge in [0, 0.05) is 13.6 Å². The lowest BCUT2D eigenvalue weighted by molar-refractivity contribution is 0.0697. The van der Waals surface area contributed by atoms with Gasteiger partial charge in [-0.05, 0) is 29.7 Å². The number of hydrogen-bond acceptors (Lipinski definition) is 3. The summed E-state index contributed by atoms with van der Waals surface area (Å²) in [6.45, 7) is 1.90. The molecule has 0 aliphatic carbocycles. The smallest absolute Gasteiger partial charge is 0.336 e. The molecule has 6 heteroatoms. The molecular formula is C17H19NO4S. The highest BCUT2D eigenvalue weighted by atomic mass is 32.2. The number of carbonyl (C=O) groups is 1. The van der Waals surface area contributed by atoms with E-state index in [1.165, 1.54) is 4.31 Å². The van der Waals surface area contributed by atoms with E-state index in [9.17, 15) is 18.3 Å². The summed E-state index contributed by atoms with van der Waals surface area (Å²) in [6, 6.07) is 14.0. The van der Waals surface area contributed by atoms with Crippen molar-refractivity contribution in [3.8, 4) is 11.1 Å². The van der Waals surface area contributed by atoms with Crippen LogP contribution in [0.2, 0.25) is 0 Å². The maximum Gasteiger partial charge on any atom is 0.336 e. The van der Waals surface area contributed by atoms with Gasteiger partial charge >= 0.3 is 5.97 Å². The van der Waals surface area contributed by atoms with Gasteiger partial charge in [-0.1, -0.05) is 42.5 Å². The van der Waals surface area contributed by atoms with Gasteiger partial charge in [-0.15, -0.1) is 0 Å². The lowest BCUT2D eigenvalue weighted by atomic mass is 9.99. The Balaban J connectivity index is 2.26. The van der Waals surface area contributed by atoms with E-state index in [0.717, 1.165) is 11.1 Å². The highest BCUT2D eigenvalue weighted by Gasteiger charge is 2.15. The van der Waals surface area contributed by atoms with Crippen LogP contribution in [0.25, 0.3) is 11.1 Å². The van der Waals surface area contributed by atoms with Crippen molar-refractivity contribution in [2.75, 3.05) is 12.8 Å². The summed E-state index contributed by atoms with van der Waals surface area (Å²) in [4.78, 5) is 11.3. The Morgan fingerprint density at radius 1 is 1.09 bits per heavy atom. The van der Waals surface area contributed by atoms with Crippen molar-refractivity contribution in [3.05, 3.63) is 59.7 Å². The summed E-state index contributed by atoms with van der Waals surface area (Å²) in [5, 5.41) is 9.24. The van der Waals surface area contributed by atoms with Crippen molar-refractivity contribution in [2.45, 2.75) is 13.5 Å². The minimum Gasteiger partial charge on any atom is -0.478 e. The van der Waals surface area contributed by atoms with E-state index in [0.29, 0.717) is 5.56 Å². The van der Waals surface area contributed by atoms with E-state index in [1.54, 1.807) is 38.2 Å². The van der Waals surface area contributed by atoms with Crippen LogP contribution >= 0.6 is 0 Å². The summed E-state index contributed by atoms with van der Waals surface area (Å²) >= 11 is 0. The van der Waals surface area contributed by atoms with Gasteiger partial charge in [-0.3, -0.25) is 0 Å². The first-order valence-corrected chi connectivity index (χ1v) is 8.81. The number of benzene rings is 2. The molecule has 2 rings (SSSR count). The Morgan fingerprint density at radius 2 is 1.70 bits per heavy atom. The predicted molar refractivity (Wildman–Crippen MR) is 89.8 cm³/mol. The van der Waals surface area contributed by atoms with Crippen LogP contribution in [-0.2, 0) is 16.6 Å². The van der Waals surface area contributed by atoms with Crippen molar-refractivity contribution in [3.63, 3.8) is 0 Å². The molecule has 0 fully saturated rings. The van der Waals surface area contributed by atoms with Crippen LogP contribution in [0.5, 0.6) is 0 Å². The first kappa shape index (κ1) is 17.2. The first-order valence-electron chi connectivity index (χ1n) is 7.21. The van der Waals surface area contributed by atoms with Crippen LogP contribution in [0, 0.1) is 0 Å². The van der Waals surface area contributed by atoms with Gasteiger partial charge in [0.25, 0.3) is 0 Å². The fraction of sp³-hybridized carbons (Fsp3) is 0.235. The number of carboxylic acid groups (broad SMARTS) is 1. The first-order chi connectivity index (χ1) is 10.8. The number of nitrogens with zero attached hydrogens (tertiary/aromatic N) is 1. The maximum absolute atomic E-state index is 11.8. The SMILES string of the molecule is CCS(=O)(=O)N(C)Cc1ccc(-c2ccccc2C(=O)O)cc1. The zero-order chi connectivity index (χ0) is 17.0. The zero-order valence-electron chi connectivity index (χ0n) is 13.1. The molecule has 0 unspecified atom stereocenters. The highest BCUT2D eigenvalue weighted by molar-refractivity contribution is 7.89. The molecule has 2 aromatic carbocycles. The molecule has 0 amide bonds. The van der Waals surface area contributed by atoms with Crippen molar-refractivity contribution in [1.29, 1.82) is 0 Å². The van der Waals surface area contributed by atoms with Gasteiger partial charge < -0.3 is 5.11 Å². The highest BCUT2D eigenvalue weighted by Crippen LogP contribution is 2.24. The third-order valence-electron chi connectivity index (χ3n) is 3.67. The van der Waals surface area contributed by atoms with Gasteiger partial charge in [-0.2, -0.15) is 0 Å². The standard InChI is InChI=1S/C17H19NO4S/c1-3-23(21,22)18(2)12-13-8-10-14(11-9-13)15-6-4-5-7-16(15)17(19)20/h4-11H,3,12H2,1-2H3,(H,19,20). The van der Waals surface area contributed by atoms with Crippen LogP contribution < -0.4 is 0 Å². The lowest BCUT2D eigenvalue weighted by Crippen LogP contribution is -2.27. The Morgan fingerprint density at radius 3 is 2.26 bits per heavy atom. The normalized spacial score (nSPS) is 11.6. The second kappa shape index (κ2) is 6.93. The lowest BCUT2D eigenvalue weighted by Gasteiger charge is -2.16. The molecule has 0 atom stereocenters. The Hall–Kier alpha value is -2.18. The fourth-order valence-electron chi connectivity index (χ4n) is 2.29. The van der Waals surface area contributed by atoms with E-state index < -0.39 is 16.0 Å². The van der Waals surface area contributed by atoms with Crippen LogP contribution in [0.15, 0.2) is 48.5 Å². The number of aromatic carboxylic acids is 1. The average molecular weight is 333 g/mol. The van der Waals surface area contributed by atoms with E-state index in [2.05, 4.69) is 0 Å². The minimum absolute atomic E-state index is 0.0631. The van der Waals surface area contributed by atoms with Crippen molar-refractivity contribution in [1.82, 2.24) is 4.31 Å². The molecule has 0 radical (unpaired) electrons. The summed E-state index contributed by atoms with van der Waals surface area (Å²) in [5.74, 6) is -0.911. The van der Waals surface area contributed by atoms with E-state index >= 15 is 0 Å². The molecule has 23 heavy (non-hydrogen) atoms. The molecule has 0 saturated carbocycles. The third kappa shape index (κ3) is 3.97. The van der Waals surface area contributed by atoms with E-state index in [1.807, 2.05) is 24.3 Å². The van der Waals surface area contributed by atoms with Crippen LogP contribution in [-0.4, -0.2) is 36.6 Å². The van der Waals surface area contributed by atoms with Gasteiger partial charge in [0.1, 0.15) is 0 Å². The molecule has 122 valence electrons. The number of carboxylic acids is 1. The predicted octanol–water partition coefficient (Wildman–Crippen LogP) is 2.83. The fourth-order valence-corrected chi connectivity index (χ4v) is 3.07. The third-order valence-corrected chi connectivity index (χ3v) is 5.48. The second-order valence-electron chi connectivity index (χ2n) is 5.20. The van der Waals surface area contributed by atoms with Crippen molar-refractivity contribution < 1.29 is 18.3 Å². The molecule has 2 aromatic rings. The van der Waals surface area contributed by atoms with Gasteiger partial charge in [-0.25, -0.2) is 17.5 Å². The van der Waals surface area contributed by atoms with Crippen molar-refractivity contribution in [2.24, 2.45) is 0 Å². The van der Waals surface area contributed by atoms with Gasteiger partial charge in [0.15, 0.2) is 0 Å². The molecule has 0 aliphatic heterocycles. The molecule has 0 bridgehead atoms.